The van der Waals surface area contributed by atoms with Crippen molar-refractivity contribution in [3.63, 3.8) is 0 Å². The molecule has 2 aliphatic rings. The maximum absolute atomic E-state index is 2.46. The van der Waals surface area contributed by atoms with Crippen LogP contribution in [0.2, 0.25) is 0 Å². The number of nitrogens with zero attached hydrogens (tertiary/aromatic N) is 2. The second-order valence-corrected chi connectivity index (χ2v) is 15.0. The highest BCUT2D eigenvalue weighted by atomic mass is 15.1. The average molecular weight is 643 g/mol. The first-order valence-electron chi connectivity index (χ1n) is 17.7. The number of hydrogen-bond acceptors (Lipinski definition) is 1. The van der Waals surface area contributed by atoms with Crippen molar-refractivity contribution in [1.29, 1.82) is 0 Å². The van der Waals surface area contributed by atoms with Crippen LogP contribution >= 0.6 is 0 Å². The molecule has 8 aromatic rings. The molecular weight excluding hydrogens is 605 g/mol. The Morgan fingerprint density at radius 2 is 0.920 bits per heavy atom. The van der Waals surface area contributed by atoms with E-state index < -0.39 is 0 Å². The monoisotopic (exact) mass is 642 g/mol. The summed E-state index contributed by atoms with van der Waals surface area (Å²) in [6, 6.07) is 58.4. The molecule has 10 rings (SSSR count). The van der Waals surface area contributed by atoms with E-state index >= 15 is 0 Å². The second-order valence-electron chi connectivity index (χ2n) is 15.0. The summed E-state index contributed by atoms with van der Waals surface area (Å²) in [5.74, 6) is 0. The number of anilines is 3. The van der Waals surface area contributed by atoms with Gasteiger partial charge in [0.2, 0.25) is 0 Å². The minimum Gasteiger partial charge on any atom is -0.310 e. The van der Waals surface area contributed by atoms with E-state index in [0.717, 1.165) is 22.7 Å². The van der Waals surface area contributed by atoms with Crippen LogP contribution in [0.4, 0.5) is 17.1 Å². The van der Waals surface area contributed by atoms with Gasteiger partial charge >= 0.3 is 0 Å². The van der Waals surface area contributed by atoms with Crippen LogP contribution < -0.4 is 4.90 Å². The topological polar surface area (TPSA) is 8.17 Å². The lowest BCUT2D eigenvalue weighted by atomic mass is 9.82. The van der Waals surface area contributed by atoms with Gasteiger partial charge in [0.05, 0.1) is 11.0 Å². The van der Waals surface area contributed by atoms with E-state index in [2.05, 4.69) is 195 Å². The lowest BCUT2D eigenvalue weighted by molar-refractivity contribution is 0.660. The zero-order chi connectivity index (χ0) is 33.8. The molecule has 0 unspecified atom stereocenters. The lowest BCUT2D eigenvalue weighted by Gasteiger charge is -2.28. The number of rotatable bonds is 4. The first kappa shape index (κ1) is 29.1. The van der Waals surface area contributed by atoms with Crippen molar-refractivity contribution in [3.8, 4) is 27.9 Å². The molecule has 7 aromatic carbocycles. The molecule has 0 radical (unpaired) electrons. The Morgan fingerprint density at radius 3 is 1.64 bits per heavy atom. The molecule has 1 aromatic heterocycles. The maximum Gasteiger partial charge on any atom is 0.0544 e. The Labute approximate surface area is 293 Å². The van der Waals surface area contributed by atoms with Gasteiger partial charge in [0.1, 0.15) is 0 Å². The van der Waals surface area contributed by atoms with E-state index in [1.54, 1.807) is 0 Å². The molecule has 1 heterocycles. The minimum atomic E-state index is -0.0687. The summed E-state index contributed by atoms with van der Waals surface area (Å²) < 4.78 is 2.45. The van der Waals surface area contributed by atoms with Crippen LogP contribution in [-0.2, 0) is 10.8 Å². The average Bonchev–Trinajstić information content (AvgIpc) is 3.68. The van der Waals surface area contributed by atoms with Crippen molar-refractivity contribution >= 4 is 38.9 Å². The first-order chi connectivity index (χ1) is 24.3. The van der Waals surface area contributed by atoms with Crippen LogP contribution in [0.25, 0.3) is 49.7 Å². The summed E-state index contributed by atoms with van der Waals surface area (Å²) in [4.78, 5) is 2.39. The van der Waals surface area contributed by atoms with E-state index in [9.17, 15) is 0 Å². The van der Waals surface area contributed by atoms with E-state index in [1.807, 2.05) is 0 Å². The third-order valence-electron chi connectivity index (χ3n) is 11.6. The summed E-state index contributed by atoms with van der Waals surface area (Å²) in [5, 5.41) is 2.58. The Balaban J connectivity index is 1.12. The molecule has 2 aliphatic carbocycles. The minimum absolute atomic E-state index is 0.0623. The van der Waals surface area contributed by atoms with Crippen molar-refractivity contribution in [2.45, 2.75) is 38.5 Å². The summed E-state index contributed by atoms with van der Waals surface area (Å²) in [6.45, 7) is 9.43. The zero-order valence-corrected chi connectivity index (χ0v) is 28.9. The molecule has 240 valence electrons. The fourth-order valence-electron chi connectivity index (χ4n) is 9.05. The fraction of sp³-hybridized carbons (Fsp3) is 0.125. The van der Waals surface area contributed by atoms with Crippen molar-refractivity contribution in [3.05, 3.63) is 180 Å². The quantitative estimate of drug-likeness (QED) is 0.185. The van der Waals surface area contributed by atoms with Gasteiger partial charge in [0.15, 0.2) is 0 Å². The highest BCUT2D eigenvalue weighted by molar-refractivity contribution is 6.11. The summed E-state index contributed by atoms with van der Waals surface area (Å²) in [6.07, 6.45) is 0. The fourth-order valence-corrected chi connectivity index (χ4v) is 9.05. The van der Waals surface area contributed by atoms with Crippen LogP contribution in [0.5, 0.6) is 0 Å². The number of para-hydroxylation sites is 2. The van der Waals surface area contributed by atoms with Gasteiger partial charge in [-0.15, -0.1) is 0 Å². The van der Waals surface area contributed by atoms with Gasteiger partial charge in [-0.3, -0.25) is 0 Å². The second kappa shape index (κ2) is 10.3. The number of hydrogen-bond donors (Lipinski definition) is 0. The standard InChI is InChI=1S/C48H38N2/c1-47(2)41-19-11-8-16-35(41)37-27-26-34(28-43(37)47)49(31-14-6-5-7-15-31)32-22-24-33(25-23-32)50-45-21-13-10-18-38(45)40-29-39-36-17-9-12-20-42(36)48(3,4)44(39)30-46(40)50/h5-30H,1-4H3. The number of fused-ring (bicyclic) bond motifs is 9. The van der Waals surface area contributed by atoms with Gasteiger partial charge in [0.25, 0.3) is 0 Å². The molecular formula is C48H38N2. The van der Waals surface area contributed by atoms with Gasteiger partial charge < -0.3 is 9.47 Å². The van der Waals surface area contributed by atoms with Gasteiger partial charge in [-0.1, -0.05) is 119 Å². The normalized spacial score (nSPS) is 14.7. The van der Waals surface area contributed by atoms with E-state index in [4.69, 9.17) is 0 Å². The van der Waals surface area contributed by atoms with Crippen LogP contribution in [0.1, 0.15) is 49.9 Å². The van der Waals surface area contributed by atoms with Crippen molar-refractivity contribution in [2.24, 2.45) is 0 Å². The largest absolute Gasteiger partial charge is 0.310 e. The molecule has 0 atom stereocenters. The smallest absolute Gasteiger partial charge is 0.0544 e. The van der Waals surface area contributed by atoms with Gasteiger partial charge in [-0.25, -0.2) is 0 Å². The van der Waals surface area contributed by atoms with Gasteiger partial charge in [-0.05, 0) is 111 Å². The zero-order valence-electron chi connectivity index (χ0n) is 28.9. The Morgan fingerprint density at radius 1 is 0.380 bits per heavy atom. The van der Waals surface area contributed by atoms with Gasteiger partial charge in [-0.2, -0.15) is 0 Å². The van der Waals surface area contributed by atoms with Crippen molar-refractivity contribution in [2.75, 3.05) is 4.90 Å². The predicted octanol–water partition coefficient (Wildman–Crippen LogP) is 12.9. The molecule has 0 fully saturated rings. The third-order valence-corrected chi connectivity index (χ3v) is 11.6. The molecule has 0 bridgehead atoms. The first-order valence-corrected chi connectivity index (χ1v) is 17.7. The molecule has 2 heteroatoms. The number of aromatic nitrogens is 1. The molecule has 0 saturated carbocycles. The lowest BCUT2D eigenvalue weighted by Crippen LogP contribution is -2.16. The third kappa shape index (κ3) is 3.96. The molecule has 0 amide bonds. The summed E-state index contributed by atoms with van der Waals surface area (Å²) in [7, 11) is 0. The van der Waals surface area contributed by atoms with Crippen molar-refractivity contribution in [1.82, 2.24) is 4.57 Å². The predicted molar refractivity (Wildman–Crippen MR) is 211 cm³/mol. The van der Waals surface area contributed by atoms with Crippen LogP contribution in [0.3, 0.4) is 0 Å². The molecule has 0 N–H and O–H groups in total. The maximum atomic E-state index is 2.46. The Hall–Kier alpha value is -5.86. The van der Waals surface area contributed by atoms with E-state index in [0.29, 0.717) is 0 Å². The SMILES string of the molecule is CC1(C)c2ccccc2-c2ccc(N(c3ccccc3)c3ccc(-n4c5ccccc5c5cc6c(cc54)C(C)(C)c4ccccc4-6)cc3)cc21. The highest BCUT2D eigenvalue weighted by Gasteiger charge is 2.37. The molecule has 0 aliphatic heterocycles. The molecule has 2 nitrogen and oxygen atoms in total. The van der Waals surface area contributed by atoms with Crippen LogP contribution in [0.15, 0.2) is 158 Å². The highest BCUT2D eigenvalue weighted by Crippen LogP contribution is 2.52. The number of benzene rings is 7. The van der Waals surface area contributed by atoms with E-state index in [1.165, 1.54) is 66.3 Å². The van der Waals surface area contributed by atoms with Gasteiger partial charge in [0, 0.05) is 44.4 Å². The summed E-state index contributed by atoms with van der Waals surface area (Å²) in [5.41, 5.74) is 17.9. The molecule has 50 heavy (non-hydrogen) atoms. The van der Waals surface area contributed by atoms with E-state index in [-0.39, 0.29) is 10.8 Å². The Kier molecular flexibility index (Phi) is 6.01. The van der Waals surface area contributed by atoms with Crippen molar-refractivity contribution < 1.29 is 0 Å². The Bertz CT molecular complexity index is 2640. The van der Waals surface area contributed by atoms with Crippen LogP contribution in [0, 0.1) is 0 Å². The molecule has 0 saturated heterocycles. The molecule has 0 spiro atoms. The van der Waals surface area contributed by atoms with Crippen LogP contribution in [-0.4, -0.2) is 4.57 Å². The summed E-state index contributed by atoms with van der Waals surface area (Å²) >= 11 is 0.